The van der Waals surface area contributed by atoms with Crippen LogP contribution in [0.15, 0.2) is 24.8 Å². The lowest BCUT2D eigenvalue weighted by Crippen LogP contribution is -2.03. The van der Waals surface area contributed by atoms with Gasteiger partial charge >= 0.3 is 5.97 Å². The van der Waals surface area contributed by atoms with Gasteiger partial charge in [0, 0.05) is 13.0 Å². The van der Waals surface area contributed by atoms with E-state index in [1.165, 1.54) is 25.7 Å². The molecule has 0 spiro atoms. The van der Waals surface area contributed by atoms with E-state index in [4.69, 9.17) is 9.84 Å². The summed E-state index contributed by atoms with van der Waals surface area (Å²) in [6, 6.07) is 0. The highest BCUT2D eigenvalue weighted by Gasteiger charge is 2.12. The summed E-state index contributed by atoms with van der Waals surface area (Å²) in [5.41, 5.74) is 0. The smallest absolute Gasteiger partial charge is 0.306 e. The molecule has 3 heteroatoms. The third-order valence-corrected chi connectivity index (χ3v) is 3.08. The molecule has 1 fully saturated rings. The van der Waals surface area contributed by atoms with Gasteiger partial charge in [-0.15, -0.1) is 0 Å². The van der Waals surface area contributed by atoms with Crippen LogP contribution in [0.1, 0.15) is 51.9 Å². The molecule has 1 saturated carbocycles. The standard InChI is InChI=1S/C10H16O2.C6H12O/c1-3-5-6-7-8-10(11)12-9-4-2;7-5-6-3-1-2-4-6/h3-5H,2,6-9H2,1H3;6-7H,1-5H2/b5-3-;. The summed E-state index contributed by atoms with van der Waals surface area (Å²) in [5.74, 6) is 0.513. The first-order valence-corrected chi connectivity index (χ1v) is 7.23. The molecule has 1 aliphatic rings. The minimum Gasteiger partial charge on any atom is -0.461 e. The average molecular weight is 268 g/mol. The Morgan fingerprint density at radius 2 is 2.11 bits per heavy atom. The quantitative estimate of drug-likeness (QED) is 0.436. The Labute approximate surface area is 117 Å². The first-order valence-electron chi connectivity index (χ1n) is 7.23. The van der Waals surface area contributed by atoms with Crippen LogP contribution in [-0.4, -0.2) is 24.3 Å². The Bertz CT molecular complexity index is 253. The minimum absolute atomic E-state index is 0.139. The molecular formula is C16H28O3. The van der Waals surface area contributed by atoms with Crippen molar-refractivity contribution in [3.05, 3.63) is 24.8 Å². The highest BCUT2D eigenvalue weighted by atomic mass is 16.5. The van der Waals surface area contributed by atoms with E-state index < -0.39 is 0 Å². The molecule has 0 atom stereocenters. The summed E-state index contributed by atoms with van der Waals surface area (Å²) in [4.78, 5) is 10.9. The lowest BCUT2D eigenvalue weighted by atomic mass is 10.1. The Kier molecular flexibility index (Phi) is 12.6. The highest BCUT2D eigenvalue weighted by molar-refractivity contribution is 5.69. The fourth-order valence-electron chi connectivity index (χ4n) is 1.95. The van der Waals surface area contributed by atoms with Crippen LogP contribution in [0.4, 0.5) is 0 Å². The summed E-state index contributed by atoms with van der Waals surface area (Å²) in [6.45, 7) is 6.16. The molecule has 0 aromatic heterocycles. The van der Waals surface area contributed by atoms with E-state index in [9.17, 15) is 4.79 Å². The van der Waals surface area contributed by atoms with Gasteiger partial charge in [-0.3, -0.25) is 4.79 Å². The Balaban J connectivity index is 0.000000388. The first kappa shape index (κ1) is 17.9. The fraction of sp³-hybridized carbons (Fsp3) is 0.688. The predicted octanol–water partition coefficient (Wildman–Crippen LogP) is 3.63. The van der Waals surface area contributed by atoms with Crippen LogP contribution in [0.5, 0.6) is 0 Å². The predicted molar refractivity (Wildman–Crippen MR) is 78.9 cm³/mol. The molecule has 0 bridgehead atoms. The van der Waals surface area contributed by atoms with Crippen molar-refractivity contribution in [2.45, 2.75) is 51.9 Å². The zero-order valence-corrected chi connectivity index (χ0v) is 12.1. The van der Waals surface area contributed by atoms with Crippen molar-refractivity contribution in [3.63, 3.8) is 0 Å². The van der Waals surface area contributed by atoms with Crippen LogP contribution in [0.2, 0.25) is 0 Å². The van der Waals surface area contributed by atoms with Crippen molar-refractivity contribution in [1.82, 2.24) is 0 Å². The zero-order valence-electron chi connectivity index (χ0n) is 12.1. The van der Waals surface area contributed by atoms with Crippen LogP contribution >= 0.6 is 0 Å². The maximum absolute atomic E-state index is 10.9. The molecule has 0 saturated heterocycles. The average Bonchev–Trinajstić information content (AvgIpc) is 2.95. The Morgan fingerprint density at radius 1 is 1.42 bits per heavy atom. The second-order valence-corrected chi connectivity index (χ2v) is 4.77. The molecule has 3 nitrogen and oxygen atoms in total. The van der Waals surface area contributed by atoms with Crippen molar-refractivity contribution < 1.29 is 14.6 Å². The van der Waals surface area contributed by atoms with E-state index in [0.29, 0.717) is 25.6 Å². The molecule has 0 radical (unpaired) electrons. The Morgan fingerprint density at radius 3 is 2.58 bits per heavy atom. The van der Waals surface area contributed by atoms with Gasteiger partial charge in [-0.2, -0.15) is 0 Å². The third kappa shape index (κ3) is 11.7. The highest BCUT2D eigenvalue weighted by Crippen LogP contribution is 2.23. The van der Waals surface area contributed by atoms with Gasteiger partial charge in [0.05, 0.1) is 0 Å². The van der Waals surface area contributed by atoms with Crippen molar-refractivity contribution in [3.8, 4) is 0 Å². The summed E-state index contributed by atoms with van der Waals surface area (Å²) in [7, 11) is 0. The molecular weight excluding hydrogens is 240 g/mol. The number of esters is 1. The maximum Gasteiger partial charge on any atom is 0.306 e. The van der Waals surface area contributed by atoms with Crippen molar-refractivity contribution in [2.75, 3.05) is 13.2 Å². The van der Waals surface area contributed by atoms with Gasteiger partial charge in [-0.1, -0.05) is 37.6 Å². The van der Waals surface area contributed by atoms with Crippen LogP contribution in [-0.2, 0) is 9.53 Å². The molecule has 0 aromatic rings. The Hall–Kier alpha value is -1.09. The molecule has 0 aliphatic heterocycles. The summed E-state index contributed by atoms with van der Waals surface area (Å²) < 4.78 is 4.79. The lowest BCUT2D eigenvalue weighted by molar-refractivity contribution is -0.142. The maximum atomic E-state index is 10.9. The van der Waals surface area contributed by atoms with Gasteiger partial charge in [-0.25, -0.2) is 0 Å². The number of hydrogen-bond donors (Lipinski definition) is 1. The molecule has 110 valence electrons. The van der Waals surface area contributed by atoms with Crippen molar-refractivity contribution in [2.24, 2.45) is 5.92 Å². The normalized spacial score (nSPS) is 15.1. The van der Waals surface area contributed by atoms with Crippen molar-refractivity contribution in [1.29, 1.82) is 0 Å². The molecule has 19 heavy (non-hydrogen) atoms. The number of unbranched alkanes of at least 4 members (excludes halogenated alkanes) is 1. The number of hydrogen-bond acceptors (Lipinski definition) is 3. The molecule has 1 N–H and O–H groups in total. The molecule has 0 unspecified atom stereocenters. The summed E-state index contributed by atoms with van der Waals surface area (Å²) >= 11 is 0. The minimum atomic E-state index is -0.139. The monoisotopic (exact) mass is 268 g/mol. The van der Waals surface area contributed by atoms with Gasteiger partial charge in [0.25, 0.3) is 0 Å². The second kappa shape index (κ2) is 13.3. The summed E-state index contributed by atoms with van der Waals surface area (Å²) in [6.07, 6.45) is 13.1. The largest absolute Gasteiger partial charge is 0.461 e. The van der Waals surface area contributed by atoms with Crippen LogP contribution in [0, 0.1) is 5.92 Å². The van der Waals surface area contributed by atoms with E-state index >= 15 is 0 Å². The van der Waals surface area contributed by atoms with Gasteiger partial charge < -0.3 is 9.84 Å². The SMILES string of the molecule is C=CCOC(=O)CCC/C=C\C.OCC1CCCC1. The molecule has 0 amide bonds. The van der Waals surface area contributed by atoms with E-state index in [1.54, 1.807) is 6.08 Å². The fourth-order valence-corrected chi connectivity index (χ4v) is 1.95. The number of allylic oxidation sites excluding steroid dienone is 2. The number of aliphatic hydroxyl groups excluding tert-OH is 1. The molecule has 0 aromatic carbocycles. The van der Waals surface area contributed by atoms with Gasteiger partial charge in [0.2, 0.25) is 0 Å². The van der Waals surface area contributed by atoms with E-state index in [0.717, 1.165) is 12.8 Å². The topological polar surface area (TPSA) is 46.5 Å². The zero-order chi connectivity index (χ0) is 14.3. The van der Waals surface area contributed by atoms with Gasteiger partial charge in [0.1, 0.15) is 6.61 Å². The number of rotatable bonds is 7. The molecule has 1 rings (SSSR count). The van der Waals surface area contributed by atoms with Crippen LogP contribution in [0.25, 0.3) is 0 Å². The molecule has 1 aliphatic carbocycles. The lowest BCUT2D eigenvalue weighted by Gasteiger charge is -1.99. The third-order valence-electron chi connectivity index (χ3n) is 3.08. The van der Waals surface area contributed by atoms with Crippen LogP contribution < -0.4 is 0 Å². The van der Waals surface area contributed by atoms with E-state index in [-0.39, 0.29) is 5.97 Å². The molecule has 0 heterocycles. The van der Waals surface area contributed by atoms with Gasteiger partial charge in [-0.05, 0) is 38.5 Å². The van der Waals surface area contributed by atoms with Gasteiger partial charge in [0.15, 0.2) is 0 Å². The second-order valence-electron chi connectivity index (χ2n) is 4.77. The first-order chi connectivity index (χ1) is 9.24. The van der Waals surface area contributed by atoms with Crippen molar-refractivity contribution >= 4 is 5.97 Å². The summed E-state index contributed by atoms with van der Waals surface area (Å²) in [5, 5.41) is 8.57. The number of carbonyl (C=O) groups excluding carboxylic acids is 1. The number of ether oxygens (including phenoxy) is 1. The number of aliphatic hydroxyl groups is 1. The number of carbonyl (C=O) groups is 1. The van der Waals surface area contributed by atoms with Crippen LogP contribution in [0.3, 0.4) is 0 Å². The van der Waals surface area contributed by atoms with E-state index in [1.807, 2.05) is 19.1 Å². The van der Waals surface area contributed by atoms with E-state index in [2.05, 4.69) is 6.58 Å².